The van der Waals surface area contributed by atoms with E-state index in [0.717, 1.165) is 25.7 Å². The number of amides is 1. The zero-order chi connectivity index (χ0) is 21.8. The van der Waals surface area contributed by atoms with E-state index in [0.29, 0.717) is 24.7 Å². The second-order valence-electron chi connectivity index (χ2n) is 7.44. The van der Waals surface area contributed by atoms with Gasteiger partial charge < -0.3 is 24.8 Å². The third kappa shape index (κ3) is 4.52. The normalized spacial score (nSPS) is 20.9. The van der Waals surface area contributed by atoms with Gasteiger partial charge in [0.2, 0.25) is 11.8 Å². The number of pyridine rings is 1. The maximum Gasteiger partial charge on any atom is 0.308 e. The van der Waals surface area contributed by atoms with Crippen molar-refractivity contribution in [2.24, 2.45) is 5.92 Å². The third-order valence-corrected chi connectivity index (χ3v) is 5.47. The van der Waals surface area contributed by atoms with Gasteiger partial charge in [-0.15, -0.1) is 0 Å². The molecule has 3 heterocycles. The molecule has 164 valence electrons. The van der Waals surface area contributed by atoms with E-state index >= 15 is 0 Å². The van der Waals surface area contributed by atoms with Crippen molar-refractivity contribution in [2.45, 2.75) is 38.7 Å². The molecule has 2 aromatic heterocycles. The Morgan fingerprint density at radius 2 is 2.03 bits per heavy atom. The molecule has 10 heteroatoms. The average Bonchev–Trinajstić information content (AvgIpc) is 2.94. The first-order valence-electron chi connectivity index (χ1n) is 10.4. The molecular formula is C21H25N5O5. The summed E-state index contributed by atoms with van der Waals surface area (Å²) < 4.78 is 16.6. The van der Waals surface area contributed by atoms with E-state index in [-0.39, 0.29) is 47.8 Å². The van der Waals surface area contributed by atoms with E-state index in [1.807, 2.05) is 6.92 Å². The van der Waals surface area contributed by atoms with E-state index in [4.69, 9.17) is 19.9 Å². The molecular weight excluding hydrogens is 402 g/mol. The number of ether oxygens (including phenoxy) is 3. The number of carbonyl (C=O) groups excluding carboxylic acids is 2. The molecule has 0 radical (unpaired) electrons. The SMILES string of the molecule is CCOC(=O)C1CCC(Oc2ccc(N3CCOc4ncnc(N)c4C3=O)cn2)CC1. The molecule has 31 heavy (non-hydrogen) atoms. The van der Waals surface area contributed by atoms with Gasteiger partial charge in [0.05, 0.1) is 31.0 Å². The lowest BCUT2D eigenvalue weighted by Crippen LogP contribution is -2.33. The zero-order valence-corrected chi connectivity index (χ0v) is 17.3. The standard InChI is InChI=1S/C21H25N5O5/c1-2-29-21(28)13-3-6-15(7-4-13)31-16-8-5-14(11-23-16)26-9-10-30-19-17(20(26)27)18(22)24-12-25-19/h5,8,11-13,15H,2-4,6-7,9-10H2,1H3,(H2,22,24,25). The van der Waals surface area contributed by atoms with Gasteiger partial charge in [-0.25, -0.2) is 15.0 Å². The fourth-order valence-corrected chi connectivity index (χ4v) is 3.86. The van der Waals surface area contributed by atoms with Crippen LogP contribution in [-0.2, 0) is 9.53 Å². The molecule has 1 amide bonds. The molecule has 1 fully saturated rings. The number of aromatic nitrogens is 3. The maximum atomic E-state index is 13.0. The summed E-state index contributed by atoms with van der Waals surface area (Å²) in [6, 6.07) is 3.51. The van der Waals surface area contributed by atoms with E-state index in [9.17, 15) is 9.59 Å². The van der Waals surface area contributed by atoms with Crippen LogP contribution in [0.5, 0.6) is 11.8 Å². The maximum absolute atomic E-state index is 13.0. The number of esters is 1. The van der Waals surface area contributed by atoms with Crippen LogP contribution in [0.2, 0.25) is 0 Å². The third-order valence-electron chi connectivity index (χ3n) is 5.47. The van der Waals surface area contributed by atoms with Crippen molar-refractivity contribution >= 4 is 23.4 Å². The number of rotatable bonds is 5. The minimum atomic E-state index is -0.335. The van der Waals surface area contributed by atoms with Crippen LogP contribution in [0.3, 0.4) is 0 Å². The number of nitrogen functional groups attached to an aromatic ring is 1. The van der Waals surface area contributed by atoms with Crippen molar-refractivity contribution in [2.75, 3.05) is 30.4 Å². The number of nitrogens with two attached hydrogens (primary N) is 1. The van der Waals surface area contributed by atoms with Gasteiger partial charge >= 0.3 is 5.97 Å². The van der Waals surface area contributed by atoms with Crippen LogP contribution in [0.1, 0.15) is 43.0 Å². The topological polar surface area (TPSA) is 130 Å². The first-order chi connectivity index (χ1) is 15.1. The van der Waals surface area contributed by atoms with Crippen LogP contribution >= 0.6 is 0 Å². The summed E-state index contributed by atoms with van der Waals surface area (Å²) in [6.45, 7) is 2.82. The second-order valence-corrected chi connectivity index (χ2v) is 7.44. The van der Waals surface area contributed by atoms with Gasteiger partial charge in [-0.1, -0.05) is 0 Å². The van der Waals surface area contributed by atoms with Crippen molar-refractivity contribution in [1.29, 1.82) is 0 Å². The zero-order valence-electron chi connectivity index (χ0n) is 17.3. The molecule has 2 aliphatic rings. The van der Waals surface area contributed by atoms with Crippen LogP contribution in [0, 0.1) is 5.92 Å². The van der Waals surface area contributed by atoms with E-state index in [1.54, 1.807) is 18.3 Å². The van der Waals surface area contributed by atoms with E-state index in [2.05, 4.69) is 15.0 Å². The van der Waals surface area contributed by atoms with Gasteiger partial charge in [-0.3, -0.25) is 9.59 Å². The largest absolute Gasteiger partial charge is 0.475 e. The summed E-state index contributed by atoms with van der Waals surface area (Å²) in [7, 11) is 0. The molecule has 2 aromatic rings. The van der Waals surface area contributed by atoms with Crippen LogP contribution < -0.4 is 20.1 Å². The second kappa shape index (κ2) is 9.15. The molecule has 0 spiro atoms. The highest BCUT2D eigenvalue weighted by molar-refractivity contribution is 6.10. The highest BCUT2D eigenvalue weighted by Gasteiger charge is 2.30. The predicted octanol–water partition coefficient (Wildman–Crippen LogP) is 1.99. The Morgan fingerprint density at radius 1 is 1.23 bits per heavy atom. The van der Waals surface area contributed by atoms with Gasteiger partial charge in [0.15, 0.2) is 0 Å². The van der Waals surface area contributed by atoms with Gasteiger partial charge in [0, 0.05) is 6.07 Å². The van der Waals surface area contributed by atoms with Crippen molar-refractivity contribution in [1.82, 2.24) is 15.0 Å². The molecule has 4 rings (SSSR count). The number of fused-ring (bicyclic) bond motifs is 1. The molecule has 0 saturated heterocycles. The molecule has 0 atom stereocenters. The van der Waals surface area contributed by atoms with Crippen molar-refractivity contribution in [3.63, 3.8) is 0 Å². The van der Waals surface area contributed by atoms with Crippen molar-refractivity contribution < 1.29 is 23.8 Å². The molecule has 10 nitrogen and oxygen atoms in total. The van der Waals surface area contributed by atoms with Gasteiger partial charge in [-0.2, -0.15) is 0 Å². The van der Waals surface area contributed by atoms with E-state index < -0.39 is 0 Å². The number of carbonyl (C=O) groups is 2. The Hall–Kier alpha value is -3.43. The monoisotopic (exact) mass is 427 g/mol. The highest BCUT2D eigenvalue weighted by Crippen LogP contribution is 2.30. The average molecular weight is 427 g/mol. The smallest absolute Gasteiger partial charge is 0.308 e. The van der Waals surface area contributed by atoms with Crippen molar-refractivity contribution in [3.05, 3.63) is 30.2 Å². The first kappa shape index (κ1) is 20.8. The summed E-state index contributed by atoms with van der Waals surface area (Å²) in [5, 5.41) is 0. The molecule has 1 saturated carbocycles. The molecule has 1 aliphatic carbocycles. The minimum Gasteiger partial charge on any atom is -0.475 e. The summed E-state index contributed by atoms with van der Waals surface area (Å²) in [5.41, 5.74) is 6.62. The van der Waals surface area contributed by atoms with Gasteiger partial charge in [0.1, 0.15) is 30.4 Å². The Balaban J connectivity index is 1.39. The summed E-state index contributed by atoms with van der Waals surface area (Å²) in [5.74, 6) is 0.232. The first-order valence-corrected chi connectivity index (χ1v) is 10.4. The van der Waals surface area contributed by atoms with Crippen LogP contribution in [0.25, 0.3) is 0 Å². The minimum absolute atomic E-state index is 0.000990. The molecule has 0 unspecified atom stereocenters. The summed E-state index contributed by atoms with van der Waals surface area (Å²) in [6.07, 6.45) is 5.88. The Bertz CT molecular complexity index is 944. The number of nitrogens with zero attached hydrogens (tertiary/aromatic N) is 4. The van der Waals surface area contributed by atoms with Gasteiger partial charge in [-0.05, 0) is 38.7 Å². The molecule has 1 aliphatic heterocycles. The molecule has 2 N–H and O–H groups in total. The van der Waals surface area contributed by atoms with Crippen LogP contribution in [0.15, 0.2) is 24.7 Å². The predicted molar refractivity (Wildman–Crippen MR) is 111 cm³/mol. The lowest BCUT2D eigenvalue weighted by atomic mass is 9.87. The number of hydrogen-bond acceptors (Lipinski definition) is 9. The summed E-state index contributed by atoms with van der Waals surface area (Å²) >= 11 is 0. The number of anilines is 2. The Labute approximate surface area is 179 Å². The molecule has 0 aromatic carbocycles. The lowest BCUT2D eigenvalue weighted by Gasteiger charge is -2.27. The van der Waals surface area contributed by atoms with Crippen LogP contribution in [-0.4, -0.2) is 52.7 Å². The fourth-order valence-electron chi connectivity index (χ4n) is 3.86. The quantitative estimate of drug-likeness (QED) is 0.712. The van der Waals surface area contributed by atoms with Gasteiger partial charge in [0.25, 0.3) is 5.91 Å². The Kier molecular flexibility index (Phi) is 6.15. The Morgan fingerprint density at radius 3 is 2.74 bits per heavy atom. The van der Waals surface area contributed by atoms with Crippen LogP contribution in [0.4, 0.5) is 11.5 Å². The van der Waals surface area contributed by atoms with E-state index in [1.165, 1.54) is 11.2 Å². The fraction of sp³-hybridized carbons (Fsp3) is 0.476. The highest BCUT2D eigenvalue weighted by atomic mass is 16.5. The summed E-state index contributed by atoms with van der Waals surface area (Å²) in [4.78, 5) is 38.6. The number of hydrogen-bond donors (Lipinski definition) is 1. The van der Waals surface area contributed by atoms with Crippen molar-refractivity contribution in [3.8, 4) is 11.8 Å². The lowest BCUT2D eigenvalue weighted by molar-refractivity contribution is -0.149. The molecule has 0 bridgehead atoms.